The lowest BCUT2D eigenvalue weighted by atomic mass is 10.0. The Morgan fingerprint density at radius 1 is 0.913 bits per heavy atom. The van der Waals surface area contributed by atoms with Crippen molar-refractivity contribution in [3.8, 4) is 11.5 Å². The molecule has 0 bridgehead atoms. The van der Waals surface area contributed by atoms with Crippen LogP contribution >= 0.6 is 11.8 Å². The molecule has 3 aromatic carbocycles. The number of carbonyl (C=O) groups is 2. The van der Waals surface area contributed by atoms with E-state index >= 15 is 0 Å². The molecular weight excluding hydrogens is 602 g/mol. The first-order valence-electron chi connectivity index (χ1n) is 15.3. The number of aryl methyl sites for hydroxylation is 3. The second kappa shape index (κ2) is 14.2. The fraction of sp³-hybridized carbons (Fsp3) is 0.314. The summed E-state index contributed by atoms with van der Waals surface area (Å²) in [5, 5.41) is 3.60. The average molecular weight is 640 g/mol. The number of ether oxygens (including phenoxy) is 3. The average Bonchev–Trinajstić information content (AvgIpc) is 3.53. The van der Waals surface area contributed by atoms with E-state index in [-0.39, 0.29) is 30.9 Å². The van der Waals surface area contributed by atoms with E-state index in [1.54, 1.807) is 17.0 Å². The molecule has 1 fully saturated rings. The molecule has 11 heteroatoms. The molecule has 1 saturated heterocycles. The van der Waals surface area contributed by atoms with Gasteiger partial charge in [-0.05, 0) is 79.9 Å². The predicted molar refractivity (Wildman–Crippen MR) is 177 cm³/mol. The van der Waals surface area contributed by atoms with Crippen molar-refractivity contribution in [3.63, 3.8) is 0 Å². The highest BCUT2D eigenvalue weighted by Crippen LogP contribution is 2.37. The molecule has 0 saturated carbocycles. The van der Waals surface area contributed by atoms with Gasteiger partial charge in [0.25, 0.3) is 5.91 Å². The molecule has 1 N–H and O–H groups in total. The van der Waals surface area contributed by atoms with Gasteiger partial charge in [0.2, 0.25) is 12.7 Å². The third-order valence-electron chi connectivity index (χ3n) is 7.99. The number of nitrogens with one attached hydrogen (secondary N) is 1. The first-order valence-corrected chi connectivity index (χ1v) is 16.2. The highest BCUT2D eigenvalue weighted by molar-refractivity contribution is 7.99. The van der Waals surface area contributed by atoms with Crippen LogP contribution in [0.2, 0.25) is 0 Å². The van der Waals surface area contributed by atoms with Crippen molar-refractivity contribution in [1.82, 2.24) is 14.9 Å². The minimum atomic E-state index is -0.971. The van der Waals surface area contributed by atoms with Gasteiger partial charge in [-0.3, -0.25) is 9.59 Å². The Morgan fingerprint density at radius 2 is 1.63 bits per heavy atom. The van der Waals surface area contributed by atoms with E-state index in [0.29, 0.717) is 41.1 Å². The monoisotopic (exact) mass is 639 g/mol. The highest BCUT2D eigenvalue weighted by atomic mass is 32.2. The summed E-state index contributed by atoms with van der Waals surface area (Å²) in [5.74, 6) is 0.619. The molecule has 238 valence electrons. The maximum Gasteiger partial charge on any atom is 0.251 e. The molecule has 1 unspecified atom stereocenters. The second-order valence-electron chi connectivity index (χ2n) is 11.3. The topological polar surface area (TPSA) is 106 Å². The molecule has 6 rings (SSSR count). The Hall–Kier alpha value is -4.61. The molecule has 0 radical (unpaired) electrons. The van der Waals surface area contributed by atoms with Gasteiger partial charge < -0.3 is 29.3 Å². The number of hydrogen-bond donors (Lipinski definition) is 1. The van der Waals surface area contributed by atoms with Crippen LogP contribution in [0.4, 0.5) is 11.4 Å². The van der Waals surface area contributed by atoms with Crippen LogP contribution in [-0.4, -0.2) is 65.5 Å². The van der Waals surface area contributed by atoms with E-state index in [1.807, 2.05) is 81.4 Å². The Kier molecular flexibility index (Phi) is 9.70. The highest BCUT2D eigenvalue weighted by Gasteiger charge is 2.33. The van der Waals surface area contributed by atoms with Crippen molar-refractivity contribution in [2.45, 2.75) is 38.5 Å². The fourth-order valence-electron chi connectivity index (χ4n) is 5.61. The summed E-state index contributed by atoms with van der Waals surface area (Å²) >= 11 is 1.26. The number of fused-ring (bicyclic) bond motifs is 1. The summed E-state index contributed by atoms with van der Waals surface area (Å²) in [6.07, 6.45) is 0. The SMILES string of the molecule is Cc1cc(C)nc(SCC(=O)N(Cc2ccccc2C)C(C(=O)Nc2ccc(N3CCOCC3)cc2)c2ccc3c(c2)OCO3)n1. The van der Waals surface area contributed by atoms with E-state index in [0.717, 1.165) is 41.3 Å². The summed E-state index contributed by atoms with van der Waals surface area (Å²) in [6, 6.07) is 22.0. The fourth-order valence-corrected chi connectivity index (χ4v) is 6.44. The van der Waals surface area contributed by atoms with Crippen LogP contribution in [-0.2, 0) is 20.9 Å². The Bertz CT molecular complexity index is 1690. The Balaban J connectivity index is 1.33. The zero-order valence-electron chi connectivity index (χ0n) is 26.2. The summed E-state index contributed by atoms with van der Waals surface area (Å²) in [7, 11) is 0. The predicted octanol–water partition coefficient (Wildman–Crippen LogP) is 5.47. The summed E-state index contributed by atoms with van der Waals surface area (Å²) in [4.78, 5) is 41.5. The number of morpholine rings is 1. The minimum Gasteiger partial charge on any atom is -0.454 e. The van der Waals surface area contributed by atoms with Crippen molar-refractivity contribution in [3.05, 3.63) is 101 Å². The quantitative estimate of drug-likeness (QED) is 0.179. The molecule has 2 aliphatic rings. The summed E-state index contributed by atoms with van der Waals surface area (Å²) in [6.45, 7) is 9.14. The van der Waals surface area contributed by atoms with E-state index < -0.39 is 6.04 Å². The van der Waals surface area contributed by atoms with E-state index in [2.05, 4.69) is 20.2 Å². The maximum atomic E-state index is 14.3. The van der Waals surface area contributed by atoms with Crippen molar-refractivity contribution < 1.29 is 23.8 Å². The number of aromatic nitrogens is 2. The lowest BCUT2D eigenvalue weighted by Crippen LogP contribution is -2.42. The van der Waals surface area contributed by atoms with Crippen LogP contribution in [0.3, 0.4) is 0 Å². The largest absolute Gasteiger partial charge is 0.454 e. The normalized spacial score (nSPS) is 14.5. The molecule has 1 aromatic heterocycles. The van der Waals surface area contributed by atoms with Crippen LogP contribution in [0.15, 0.2) is 78.0 Å². The summed E-state index contributed by atoms with van der Waals surface area (Å²) in [5.41, 5.74) is 5.94. The lowest BCUT2D eigenvalue weighted by molar-refractivity contribution is -0.137. The van der Waals surface area contributed by atoms with E-state index in [9.17, 15) is 9.59 Å². The van der Waals surface area contributed by atoms with Gasteiger partial charge in [-0.1, -0.05) is 42.1 Å². The number of benzene rings is 3. The van der Waals surface area contributed by atoms with Crippen molar-refractivity contribution >= 4 is 35.0 Å². The standard InChI is InChI=1S/C35H37N5O5S/c1-23-6-4-5-7-27(23)20-40(32(41)21-46-35-36-24(2)18-25(3)37-35)33(26-8-13-30-31(19-26)45-22-44-30)34(42)38-28-9-11-29(12-10-28)39-14-16-43-17-15-39/h4-13,18-19,33H,14-17,20-22H2,1-3H3,(H,38,42). The smallest absolute Gasteiger partial charge is 0.251 e. The van der Waals surface area contributed by atoms with Gasteiger partial charge in [-0.25, -0.2) is 9.97 Å². The molecule has 1 atom stereocenters. The third-order valence-corrected chi connectivity index (χ3v) is 8.82. The van der Waals surface area contributed by atoms with Crippen LogP contribution in [0.25, 0.3) is 0 Å². The molecule has 3 heterocycles. The van der Waals surface area contributed by atoms with Gasteiger partial charge in [-0.15, -0.1) is 0 Å². The zero-order valence-corrected chi connectivity index (χ0v) is 27.0. The molecule has 0 spiro atoms. The number of thioether (sulfide) groups is 1. The number of anilines is 2. The van der Waals surface area contributed by atoms with E-state index in [1.165, 1.54) is 11.8 Å². The molecule has 2 aliphatic heterocycles. The Labute approximate surface area is 273 Å². The number of nitrogens with zero attached hydrogens (tertiary/aromatic N) is 4. The van der Waals surface area contributed by atoms with Gasteiger partial charge in [-0.2, -0.15) is 0 Å². The van der Waals surface area contributed by atoms with Gasteiger partial charge in [0, 0.05) is 42.4 Å². The number of amides is 2. The van der Waals surface area contributed by atoms with Gasteiger partial charge >= 0.3 is 0 Å². The van der Waals surface area contributed by atoms with Crippen LogP contribution in [0, 0.1) is 20.8 Å². The van der Waals surface area contributed by atoms with Gasteiger partial charge in [0.05, 0.1) is 19.0 Å². The van der Waals surface area contributed by atoms with Crippen LogP contribution in [0.1, 0.15) is 34.1 Å². The van der Waals surface area contributed by atoms with Gasteiger partial charge in [0.1, 0.15) is 6.04 Å². The first-order chi connectivity index (χ1) is 22.3. The van der Waals surface area contributed by atoms with Crippen LogP contribution < -0.4 is 19.7 Å². The molecule has 4 aromatic rings. The van der Waals surface area contributed by atoms with Crippen molar-refractivity contribution in [1.29, 1.82) is 0 Å². The number of rotatable bonds is 10. The zero-order chi connectivity index (χ0) is 32.0. The van der Waals surface area contributed by atoms with Crippen molar-refractivity contribution in [2.75, 3.05) is 49.1 Å². The molecule has 0 aliphatic carbocycles. The molecule has 10 nitrogen and oxygen atoms in total. The second-order valence-corrected chi connectivity index (χ2v) is 12.3. The summed E-state index contributed by atoms with van der Waals surface area (Å²) < 4.78 is 16.7. The van der Waals surface area contributed by atoms with Gasteiger partial charge in [0.15, 0.2) is 16.7 Å². The first kappa shape index (κ1) is 31.4. The maximum absolute atomic E-state index is 14.3. The number of carbonyl (C=O) groups excluding carboxylic acids is 2. The molecule has 46 heavy (non-hydrogen) atoms. The number of hydrogen-bond acceptors (Lipinski definition) is 9. The van der Waals surface area contributed by atoms with E-state index in [4.69, 9.17) is 14.2 Å². The third kappa shape index (κ3) is 7.43. The minimum absolute atomic E-state index is 0.0529. The Morgan fingerprint density at radius 3 is 2.37 bits per heavy atom. The van der Waals surface area contributed by atoms with Crippen LogP contribution in [0.5, 0.6) is 11.5 Å². The molecule has 2 amide bonds. The van der Waals surface area contributed by atoms with Crippen molar-refractivity contribution in [2.24, 2.45) is 0 Å². The molecular formula is C35H37N5O5S. The lowest BCUT2D eigenvalue weighted by Gasteiger charge is -2.32.